The number of hydrogen-bond acceptors (Lipinski definition) is 4. The summed E-state index contributed by atoms with van der Waals surface area (Å²) in [5.41, 5.74) is -0.194. The van der Waals surface area contributed by atoms with Crippen LogP contribution in [-0.2, 0) is 4.79 Å². The Balaban J connectivity index is 2.88. The first-order chi connectivity index (χ1) is 9.49. The molecule has 1 aromatic rings. The smallest absolute Gasteiger partial charge is 0.354 e. The van der Waals surface area contributed by atoms with Crippen LogP contribution in [0.3, 0.4) is 0 Å². The topological polar surface area (TPSA) is 99.6 Å². The van der Waals surface area contributed by atoms with E-state index in [-0.39, 0.29) is 23.8 Å². The Hall–Kier alpha value is -2.44. The second kappa shape index (κ2) is 7.22. The lowest BCUT2D eigenvalue weighted by atomic mass is 10.2. The predicted molar refractivity (Wildman–Crippen MR) is 71.5 cm³/mol. The highest BCUT2D eigenvalue weighted by atomic mass is 16.4. The lowest BCUT2D eigenvalue weighted by Crippen LogP contribution is -2.40. The third kappa shape index (κ3) is 4.04. The Morgan fingerprint density at radius 2 is 1.90 bits per heavy atom. The van der Waals surface area contributed by atoms with E-state index >= 15 is 0 Å². The summed E-state index contributed by atoms with van der Waals surface area (Å²) in [4.78, 5) is 39.6. The van der Waals surface area contributed by atoms with Gasteiger partial charge in [-0.05, 0) is 26.0 Å². The number of carbonyl (C=O) groups is 3. The maximum absolute atomic E-state index is 12.2. The van der Waals surface area contributed by atoms with Gasteiger partial charge in [0.2, 0.25) is 5.91 Å². The molecule has 0 aliphatic carbocycles. The van der Waals surface area contributed by atoms with Gasteiger partial charge in [-0.15, -0.1) is 0 Å². The lowest BCUT2D eigenvalue weighted by Gasteiger charge is -2.19. The molecule has 0 aliphatic heterocycles. The molecule has 0 saturated carbocycles. The van der Waals surface area contributed by atoms with Crippen LogP contribution >= 0.6 is 0 Å². The van der Waals surface area contributed by atoms with Crippen molar-refractivity contribution in [3.8, 4) is 0 Å². The zero-order chi connectivity index (χ0) is 15.1. The highest BCUT2D eigenvalue weighted by Crippen LogP contribution is 2.04. The molecule has 0 atom stereocenters. The van der Waals surface area contributed by atoms with Gasteiger partial charge in [-0.2, -0.15) is 0 Å². The van der Waals surface area contributed by atoms with E-state index in [1.54, 1.807) is 13.8 Å². The second-order valence-electron chi connectivity index (χ2n) is 3.99. The molecule has 2 amide bonds. The van der Waals surface area contributed by atoms with Crippen LogP contribution in [0.4, 0.5) is 0 Å². The van der Waals surface area contributed by atoms with E-state index < -0.39 is 11.9 Å². The van der Waals surface area contributed by atoms with E-state index in [4.69, 9.17) is 5.11 Å². The van der Waals surface area contributed by atoms with Gasteiger partial charge in [0.25, 0.3) is 5.91 Å². The SMILES string of the molecule is CCNC(=O)CN(CC)C(=O)c1cccc(C(=O)O)n1. The van der Waals surface area contributed by atoms with Crippen molar-refractivity contribution in [2.75, 3.05) is 19.6 Å². The second-order valence-corrected chi connectivity index (χ2v) is 3.99. The van der Waals surface area contributed by atoms with Crippen LogP contribution in [0.5, 0.6) is 0 Å². The van der Waals surface area contributed by atoms with Crippen molar-refractivity contribution in [3.63, 3.8) is 0 Å². The fraction of sp³-hybridized carbons (Fsp3) is 0.385. The number of aromatic nitrogens is 1. The van der Waals surface area contributed by atoms with Gasteiger partial charge in [0.1, 0.15) is 11.4 Å². The van der Waals surface area contributed by atoms with E-state index in [1.807, 2.05) is 0 Å². The predicted octanol–water partition coefficient (Wildman–Crippen LogP) is 0.378. The van der Waals surface area contributed by atoms with Crippen LogP contribution in [0.2, 0.25) is 0 Å². The maximum atomic E-state index is 12.2. The van der Waals surface area contributed by atoms with Crippen molar-refractivity contribution in [2.45, 2.75) is 13.8 Å². The standard InChI is InChI=1S/C13H17N3O4/c1-3-14-11(17)8-16(4-2)12(18)9-6-5-7-10(15-9)13(19)20/h5-7H,3-4,8H2,1-2H3,(H,14,17)(H,19,20). The molecule has 1 rings (SSSR count). The van der Waals surface area contributed by atoms with E-state index in [1.165, 1.54) is 23.1 Å². The molecule has 7 nitrogen and oxygen atoms in total. The average molecular weight is 279 g/mol. The van der Waals surface area contributed by atoms with Crippen molar-refractivity contribution in [1.82, 2.24) is 15.2 Å². The number of likely N-dealkylation sites (N-methyl/N-ethyl adjacent to an activating group) is 2. The summed E-state index contributed by atoms with van der Waals surface area (Å²) < 4.78 is 0. The van der Waals surface area contributed by atoms with Crippen molar-refractivity contribution >= 4 is 17.8 Å². The summed E-state index contributed by atoms with van der Waals surface area (Å²) >= 11 is 0. The number of carboxylic acid groups (broad SMARTS) is 1. The minimum Gasteiger partial charge on any atom is -0.477 e. The molecule has 0 bridgehead atoms. The molecule has 1 heterocycles. The molecular formula is C13H17N3O4. The fourth-order valence-corrected chi connectivity index (χ4v) is 1.59. The minimum absolute atomic E-state index is 0.0102. The van der Waals surface area contributed by atoms with Crippen LogP contribution in [0.15, 0.2) is 18.2 Å². The van der Waals surface area contributed by atoms with Crippen LogP contribution in [0, 0.1) is 0 Å². The number of hydrogen-bond donors (Lipinski definition) is 2. The van der Waals surface area contributed by atoms with Crippen molar-refractivity contribution in [3.05, 3.63) is 29.6 Å². The molecule has 0 radical (unpaired) electrons. The number of amides is 2. The molecule has 108 valence electrons. The zero-order valence-corrected chi connectivity index (χ0v) is 11.4. The zero-order valence-electron chi connectivity index (χ0n) is 11.4. The fourth-order valence-electron chi connectivity index (χ4n) is 1.59. The van der Waals surface area contributed by atoms with Gasteiger partial charge in [-0.25, -0.2) is 9.78 Å². The number of carboxylic acids is 1. The highest BCUT2D eigenvalue weighted by molar-refractivity contribution is 5.96. The third-order valence-corrected chi connectivity index (χ3v) is 2.56. The number of carbonyl (C=O) groups excluding carboxylic acids is 2. The van der Waals surface area contributed by atoms with Crippen LogP contribution in [0.25, 0.3) is 0 Å². The van der Waals surface area contributed by atoms with E-state index in [0.717, 1.165) is 0 Å². The number of pyridine rings is 1. The van der Waals surface area contributed by atoms with E-state index in [0.29, 0.717) is 13.1 Å². The molecule has 0 aromatic carbocycles. The lowest BCUT2D eigenvalue weighted by molar-refractivity contribution is -0.121. The van der Waals surface area contributed by atoms with Gasteiger partial charge in [-0.1, -0.05) is 6.07 Å². The van der Waals surface area contributed by atoms with Crippen LogP contribution in [0.1, 0.15) is 34.8 Å². The van der Waals surface area contributed by atoms with Crippen molar-refractivity contribution < 1.29 is 19.5 Å². The van der Waals surface area contributed by atoms with Crippen LogP contribution < -0.4 is 5.32 Å². The average Bonchev–Trinajstić information content (AvgIpc) is 2.44. The van der Waals surface area contributed by atoms with Gasteiger partial charge in [0, 0.05) is 13.1 Å². The molecular weight excluding hydrogens is 262 g/mol. The third-order valence-electron chi connectivity index (χ3n) is 2.56. The summed E-state index contributed by atoms with van der Waals surface area (Å²) in [6, 6.07) is 4.18. The summed E-state index contributed by atoms with van der Waals surface area (Å²) in [5, 5.41) is 11.4. The minimum atomic E-state index is -1.20. The molecule has 1 aromatic heterocycles. The summed E-state index contributed by atoms with van der Waals surface area (Å²) in [6.45, 7) is 4.25. The van der Waals surface area contributed by atoms with E-state index in [2.05, 4.69) is 10.3 Å². The molecule has 0 fully saturated rings. The molecule has 7 heteroatoms. The molecule has 0 aliphatic rings. The summed E-state index contributed by atoms with van der Waals surface area (Å²) in [6.07, 6.45) is 0. The first kappa shape index (κ1) is 15.6. The Labute approximate surface area is 116 Å². The molecule has 0 saturated heterocycles. The van der Waals surface area contributed by atoms with Gasteiger partial charge >= 0.3 is 5.97 Å². The number of rotatable bonds is 6. The Kier molecular flexibility index (Phi) is 5.64. The van der Waals surface area contributed by atoms with Crippen molar-refractivity contribution in [2.24, 2.45) is 0 Å². The molecule has 0 unspecified atom stereocenters. The van der Waals surface area contributed by atoms with Gasteiger partial charge in [-0.3, -0.25) is 9.59 Å². The maximum Gasteiger partial charge on any atom is 0.354 e. The number of aromatic carboxylic acids is 1. The first-order valence-electron chi connectivity index (χ1n) is 6.25. The van der Waals surface area contributed by atoms with Gasteiger partial charge in [0.15, 0.2) is 0 Å². The summed E-state index contributed by atoms with van der Waals surface area (Å²) in [5.74, 6) is -1.94. The first-order valence-corrected chi connectivity index (χ1v) is 6.25. The van der Waals surface area contributed by atoms with Gasteiger partial charge in [0.05, 0.1) is 6.54 Å². The Morgan fingerprint density at radius 3 is 2.45 bits per heavy atom. The highest BCUT2D eigenvalue weighted by Gasteiger charge is 2.19. The Morgan fingerprint density at radius 1 is 1.25 bits per heavy atom. The largest absolute Gasteiger partial charge is 0.477 e. The van der Waals surface area contributed by atoms with Crippen LogP contribution in [-0.4, -0.2) is 52.4 Å². The summed E-state index contributed by atoms with van der Waals surface area (Å²) in [7, 11) is 0. The molecule has 0 spiro atoms. The Bertz CT molecular complexity index is 516. The van der Waals surface area contributed by atoms with E-state index in [9.17, 15) is 14.4 Å². The monoisotopic (exact) mass is 279 g/mol. The van der Waals surface area contributed by atoms with Crippen molar-refractivity contribution in [1.29, 1.82) is 0 Å². The van der Waals surface area contributed by atoms with Gasteiger partial charge < -0.3 is 15.3 Å². The molecule has 20 heavy (non-hydrogen) atoms. The normalized spacial score (nSPS) is 9.90. The molecule has 2 N–H and O–H groups in total. The number of nitrogens with zero attached hydrogens (tertiary/aromatic N) is 2. The quantitative estimate of drug-likeness (QED) is 0.784. The number of nitrogens with one attached hydrogen (secondary N) is 1.